The monoisotopic (exact) mass is 300 g/mol. The molecule has 0 spiro atoms. The van der Waals surface area contributed by atoms with Crippen molar-refractivity contribution in [3.63, 3.8) is 0 Å². The number of amides is 1. The minimum absolute atomic E-state index is 0.0507. The Morgan fingerprint density at radius 1 is 1.29 bits per heavy atom. The zero-order chi connectivity index (χ0) is 15.6. The Balaban J connectivity index is 2.31. The van der Waals surface area contributed by atoms with E-state index < -0.39 is 17.8 Å². The van der Waals surface area contributed by atoms with Crippen LogP contribution in [0, 0.1) is 0 Å². The molecule has 0 bridgehead atoms. The van der Waals surface area contributed by atoms with Crippen LogP contribution < -0.4 is 10.2 Å². The lowest BCUT2D eigenvalue weighted by Gasteiger charge is -2.35. The molecule has 1 aromatic carbocycles. The van der Waals surface area contributed by atoms with Crippen molar-refractivity contribution in [2.24, 2.45) is 0 Å². The van der Waals surface area contributed by atoms with Gasteiger partial charge in [0.05, 0.1) is 17.3 Å². The number of nitrogens with one attached hydrogen (secondary N) is 1. The molecule has 1 heterocycles. The van der Waals surface area contributed by atoms with Gasteiger partial charge < -0.3 is 10.2 Å². The topological polar surface area (TPSA) is 32.3 Å². The highest BCUT2D eigenvalue weighted by molar-refractivity contribution is 5.98. The molecule has 1 amide bonds. The number of hydrogen-bond acceptors (Lipinski definition) is 2. The fourth-order valence-corrected chi connectivity index (χ4v) is 2.62. The molecule has 3 nitrogen and oxygen atoms in total. The van der Waals surface area contributed by atoms with E-state index in [1.165, 1.54) is 23.1 Å². The first-order valence-corrected chi connectivity index (χ1v) is 7.04. The first-order valence-electron chi connectivity index (χ1n) is 7.04. The maximum absolute atomic E-state index is 13.1. The third-order valence-electron chi connectivity index (χ3n) is 3.47. The minimum Gasteiger partial charge on any atom is -0.310 e. The molecule has 2 rings (SSSR count). The summed E-state index contributed by atoms with van der Waals surface area (Å²) in [5.41, 5.74) is -0.811. The van der Waals surface area contributed by atoms with E-state index in [1.54, 1.807) is 0 Å². The predicted molar refractivity (Wildman–Crippen MR) is 75.1 cm³/mol. The Morgan fingerprint density at radius 2 is 1.95 bits per heavy atom. The first kappa shape index (κ1) is 15.8. The van der Waals surface area contributed by atoms with Crippen LogP contribution in [0.5, 0.6) is 0 Å². The van der Waals surface area contributed by atoms with Gasteiger partial charge in [0.25, 0.3) is 0 Å². The molecule has 1 fully saturated rings. The smallest absolute Gasteiger partial charge is 0.310 e. The fraction of sp³-hybridized carbons (Fsp3) is 0.533. The van der Waals surface area contributed by atoms with Gasteiger partial charge >= 0.3 is 6.18 Å². The minimum atomic E-state index is -4.46. The van der Waals surface area contributed by atoms with Crippen molar-refractivity contribution in [3.8, 4) is 0 Å². The van der Waals surface area contributed by atoms with Crippen LogP contribution in [0.4, 0.5) is 18.9 Å². The molecule has 1 unspecified atom stereocenters. The maximum Gasteiger partial charge on any atom is 0.418 e. The van der Waals surface area contributed by atoms with Crippen LogP contribution in [0.3, 0.4) is 0 Å². The molecule has 1 aliphatic rings. The van der Waals surface area contributed by atoms with Crippen molar-refractivity contribution >= 4 is 11.6 Å². The maximum atomic E-state index is 13.1. The van der Waals surface area contributed by atoms with Crippen LogP contribution in [0.2, 0.25) is 0 Å². The number of alkyl halides is 3. The van der Waals surface area contributed by atoms with Crippen LogP contribution in [0.1, 0.15) is 32.3 Å². The molecule has 1 aromatic rings. The Labute approximate surface area is 122 Å². The van der Waals surface area contributed by atoms with Crippen LogP contribution in [-0.2, 0) is 11.0 Å². The Morgan fingerprint density at radius 3 is 2.57 bits per heavy atom. The van der Waals surface area contributed by atoms with Crippen LogP contribution in [-0.4, -0.2) is 24.5 Å². The molecule has 6 heteroatoms. The molecule has 0 aliphatic carbocycles. The van der Waals surface area contributed by atoms with Gasteiger partial charge in [-0.2, -0.15) is 13.2 Å². The predicted octanol–water partition coefficient (Wildman–Crippen LogP) is 3.20. The third-order valence-corrected chi connectivity index (χ3v) is 3.47. The molecule has 1 N–H and O–H groups in total. The van der Waals surface area contributed by atoms with Gasteiger partial charge in [0.15, 0.2) is 0 Å². The largest absolute Gasteiger partial charge is 0.418 e. The van der Waals surface area contributed by atoms with Crippen molar-refractivity contribution in [1.29, 1.82) is 0 Å². The second-order valence-corrected chi connectivity index (χ2v) is 5.52. The molecule has 0 radical (unpaired) electrons. The van der Waals surface area contributed by atoms with Crippen molar-refractivity contribution in [2.45, 2.75) is 44.9 Å². The number of para-hydroxylation sites is 1. The van der Waals surface area contributed by atoms with Crippen LogP contribution >= 0.6 is 0 Å². The van der Waals surface area contributed by atoms with Gasteiger partial charge in [-0.25, -0.2) is 0 Å². The summed E-state index contributed by atoms with van der Waals surface area (Å²) in [5.74, 6) is -0.286. The van der Waals surface area contributed by atoms with Crippen molar-refractivity contribution in [2.75, 3.05) is 11.4 Å². The second kappa shape index (κ2) is 6.05. The van der Waals surface area contributed by atoms with Crippen molar-refractivity contribution < 1.29 is 18.0 Å². The van der Waals surface area contributed by atoms with Gasteiger partial charge in [-0.15, -0.1) is 0 Å². The average molecular weight is 300 g/mol. The van der Waals surface area contributed by atoms with Gasteiger partial charge in [-0.1, -0.05) is 26.0 Å². The van der Waals surface area contributed by atoms with Crippen molar-refractivity contribution in [1.82, 2.24) is 5.32 Å². The molecule has 21 heavy (non-hydrogen) atoms. The molecule has 116 valence electrons. The number of carbonyl (C=O) groups is 1. The van der Waals surface area contributed by atoms with E-state index in [0.29, 0.717) is 19.4 Å². The van der Waals surface area contributed by atoms with Gasteiger partial charge in [0.1, 0.15) is 0 Å². The van der Waals surface area contributed by atoms with Crippen molar-refractivity contribution in [3.05, 3.63) is 29.8 Å². The van der Waals surface area contributed by atoms with E-state index in [4.69, 9.17) is 0 Å². The summed E-state index contributed by atoms with van der Waals surface area (Å²) >= 11 is 0. The van der Waals surface area contributed by atoms with E-state index >= 15 is 0 Å². The molecule has 1 saturated heterocycles. The SMILES string of the molecule is CC(C)NC1CCCN(c2ccccc2C(F)(F)F)C1=O. The highest BCUT2D eigenvalue weighted by Crippen LogP contribution is 2.37. The van der Waals surface area contributed by atoms with E-state index in [-0.39, 0.29) is 17.6 Å². The zero-order valence-corrected chi connectivity index (χ0v) is 12.1. The Bertz CT molecular complexity index is 514. The standard InChI is InChI=1S/C15H19F3N2O/c1-10(2)19-12-7-5-9-20(14(12)21)13-8-4-3-6-11(13)15(16,17)18/h3-4,6,8,10,12,19H,5,7,9H2,1-2H3. The Hall–Kier alpha value is -1.56. The number of carbonyl (C=O) groups excluding carboxylic acids is 1. The normalized spacial score (nSPS) is 20.2. The van der Waals surface area contributed by atoms with Gasteiger partial charge in [-0.05, 0) is 25.0 Å². The lowest BCUT2D eigenvalue weighted by Crippen LogP contribution is -2.52. The summed E-state index contributed by atoms with van der Waals surface area (Å²) in [7, 11) is 0. The third kappa shape index (κ3) is 3.56. The van der Waals surface area contributed by atoms with Gasteiger partial charge in [-0.3, -0.25) is 4.79 Å². The number of anilines is 1. The van der Waals surface area contributed by atoms with E-state index in [9.17, 15) is 18.0 Å². The number of halogens is 3. The van der Waals surface area contributed by atoms with E-state index in [1.807, 2.05) is 13.8 Å². The number of nitrogens with zero attached hydrogens (tertiary/aromatic N) is 1. The lowest BCUT2D eigenvalue weighted by atomic mass is 10.0. The number of benzene rings is 1. The second-order valence-electron chi connectivity index (χ2n) is 5.52. The molecular formula is C15H19F3N2O. The van der Waals surface area contributed by atoms with Crippen LogP contribution in [0.25, 0.3) is 0 Å². The van der Waals surface area contributed by atoms with E-state index in [2.05, 4.69) is 5.32 Å². The lowest BCUT2D eigenvalue weighted by molar-refractivity contribution is -0.137. The summed E-state index contributed by atoms with van der Waals surface area (Å²) < 4.78 is 39.3. The first-order chi connectivity index (χ1) is 9.80. The summed E-state index contributed by atoms with van der Waals surface area (Å²) in [6.07, 6.45) is -3.13. The average Bonchev–Trinajstić information content (AvgIpc) is 2.40. The highest BCUT2D eigenvalue weighted by atomic mass is 19.4. The molecule has 1 atom stereocenters. The highest BCUT2D eigenvalue weighted by Gasteiger charge is 2.38. The summed E-state index contributed by atoms with van der Waals surface area (Å²) in [6, 6.07) is 4.93. The van der Waals surface area contributed by atoms with Gasteiger partial charge in [0, 0.05) is 12.6 Å². The molecule has 0 saturated carbocycles. The zero-order valence-electron chi connectivity index (χ0n) is 12.1. The molecule has 0 aromatic heterocycles. The number of piperidine rings is 1. The quantitative estimate of drug-likeness (QED) is 0.929. The van der Waals surface area contributed by atoms with E-state index in [0.717, 1.165) is 6.07 Å². The van der Waals surface area contributed by atoms with Crippen LogP contribution in [0.15, 0.2) is 24.3 Å². The van der Waals surface area contributed by atoms with Gasteiger partial charge in [0.2, 0.25) is 5.91 Å². The number of rotatable bonds is 3. The molecule has 1 aliphatic heterocycles. The summed E-state index contributed by atoms with van der Waals surface area (Å²) in [6.45, 7) is 4.15. The summed E-state index contributed by atoms with van der Waals surface area (Å²) in [5, 5.41) is 3.12. The Kier molecular flexibility index (Phi) is 4.56. The summed E-state index contributed by atoms with van der Waals surface area (Å²) in [4.78, 5) is 13.7. The molecular weight excluding hydrogens is 281 g/mol. The number of hydrogen-bond donors (Lipinski definition) is 1. The fourth-order valence-electron chi connectivity index (χ4n) is 2.62.